The van der Waals surface area contributed by atoms with Crippen LogP contribution in [0.5, 0.6) is 5.75 Å². The highest BCUT2D eigenvalue weighted by Crippen LogP contribution is 2.33. The van der Waals surface area contributed by atoms with Gasteiger partial charge in [-0.1, -0.05) is 0 Å². The monoisotopic (exact) mass is 192 g/mol. The van der Waals surface area contributed by atoms with Gasteiger partial charge < -0.3 is 10.2 Å². The number of aromatic hydroxyl groups is 1. The second-order valence-corrected chi connectivity index (χ2v) is 4.01. The fourth-order valence-corrected chi connectivity index (χ4v) is 2.38. The Balaban J connectivity index is 2.61. The second kappa shape index (κ2) is 3.62. The Morgan fingerprint density at radius 1 is 1.21 bits per heavy atom. The van der Waals surface area contributed by atoms with Gasteiger partial charge in [0.1, 0.15) is 5.75 Å². The van der Waals surface area contributed by atoms with Gasteiger partial charge in [-0.05, 0) is 55.4 Å². The van der Waals surface area contributed by atoms with Gasteiger partial charge in [0.05, 0.1) is 6.61 Å². The van der Waals surface area contributed by atoms with Crippen molar-refractivity contribution in [2.45, 2.75) is 39.2 Å². The summed E-state index contributed by atoms with van der Waals surface area (Å²) in [5.41, 5.74) is 4.44. The standard InChI is InChI=1S/C12H16O2/c1-8-6-12(14)11(7-13)10-5-3-2-4-9(8)10/h6,13-14H,2-5,7H2,1H3. The van der Waals surface area contributed by atoms with Crippen LogP contribution in [0.1, 0.15) is 35.1 Å². The number of aryl methyl sites for hydroxylation is 1. The minimum atomic E-state index is -0.0472. The molecule has 0 fully saturated rings. The summed E-state index contributed by atoms with van der Waals surface area (Å²) in [6.07, 6.45) is 4.49. The van der Waals surface area contributed by atoms with Crippen molar-refractivity contribution < 1.29 is 10.2 Å². The number of benzene rings is 1. The molecule has 2 heteroatoms. The molecular formula is C12H16O2. The van der Waals surface area contributed by atoms with Gasteiger partial charge in [0.25, 0.3) is 0 Å². The summed E-state index contributed by atoms with van der Waals surface area (Å²) in [6.45, 7) is 1.99. The van der Waals surface area contributed by atoms with E-state index in [0.29, 0.717) is 0 Å². The molecule has 14 heavy (non-hydrogen) atoms. The molecule has 2 N–H and O–H groups in total. The van der Waals surface area contributed by atoms with E-state index in [0.717, 1.165) is 24.0 Å². The second-order valence-electron chi connectivity index (χ2n) is 4.01. The summed E-state index contributed by atoms with van der Waals surface area (Å²) in [5.74, 6) is 0.255. The average molecular weight is 192 g/mol. The van der Waals surface area contributed by atoms with E-state index in [4.69, 9.17) is 0 Å². The smallest absolute Gasteiger partial charge is 0.121 e. The van der Waals surface area contributed by atoms with Gasteiger partial charge in [0, 0.05) is 5.56 Å². The van der Waals surface area contributed by atoms with Crippen LogP contribution < -0.4 is 0 Å². The first kappa shape index (κ1) is 9.53. The number of aliphatic hydroxyl groups is 1. The SMILES string of the molecule is Cc1cc(O)c(CO)c2c1CCCC2. The van der Waals surface area contributed by atoms with E-state index in [1.165, 1.54) is 24.0 Å². The molecule has 0 saturated heterocycles. The number of hydrogen-bond acceptors (Lipinski definition) is 2. The average Bonchev–Trinajstić information content (AvgIpc) is 2.18. The van der Waals surface area contributed by atoms with Gasteiger partial charge in [-0.15, -0.1) is 0 Å². The zero-order valence-electron chi connectivity index (χ0n) is 8.51. The Morgan fingerprint density at radius 3 is 2.50 bits per heavy atom. The lowest BCUT2D eigenvalue weighted by molar-refractivity contribution is 0.273. The molecule has 0 aliphatic heterocycles. The van der Waals surface area contributed by atoms with Crippen LogP contribution >= 0.6 is 0 Å². The fourth-order valence-electron chi connectivity index (χ4n) is 2.38. The Bertz CT molecular complexity index is 336. The van der Waals surface area contributed by atoms with Gasteiger partial charge >= 0.3 is 0 Å². The molecule has 0 radical (unpaired) electrons. The van der Waals surface area contributed by atoms with E-state index >= 15 is 0 Å². The van der Waals surface area contributed by atoms with E-state index in [9.17, 15) is 10.2 Å². The summed E-state index contributed by atoms with van der Waals surface area (Å²) in [4.78, 5) is 0. The highest BCUT2D eigenvalue weighted by atomic mass is 16.3. The van der Waals surface area contributed by atoms with Crippen molar-refractivity contribution in [3.05, 3.63) is 28.3 Å². The third kappa shape index (κ3) is 1.40. The van der Waals surface area contributed by atoms with E-state index in [1.54, 1.807) is 6.07 Å². The number of aliphatic hydroxyl groups excluding tert-OH is 1. The predicted octanol–water partition coefficient (Wildman–Crippen LogP) is 2.07. The third-order valence-electron chi connectivity index (χ3n) is 3.13. The van der Waals surface area contributed by atoms with Crippen LogP contribution in [0, 0.1) is 6.92 Å². The lowest BCUT2D eigenvalue weighted by Crippen LogP contribution is -2.08. The molecular weight excluding hydrogens is 176 g/mol. The molecule has 0 heterocycles. The molecule has 76 valence electrons. The summed E-state index contributed by atoms with van der Waals surface area (Å²) < 4.78 is 0. The minimum Gasteiger partial charge on any atom is -0.508 e. The van der Waals surface area contributed by atoms with Crippen LogP contribution in [0.2, 0.25) is 0 Å². The van der Waals surface area contributed by atoms with Crippen molar-refractivity contribution in [3.8, 4) is 5.75 Å². The molecule has 0 bridgehead atoms. The van der Waals surface area contributed by atoms with Crippen LogP contribution in [-0.2, 0) is 19.4 Å². The fraction of sp³-hybridized carbons (Fsp3) is 0.500. The van der Waals surface area contributed by atoms with Crippen molar-refractivity contribution in [3.63, 3.8) is 0 Å². The molecule has 0 atom stereocenters. The predicted molar refractivity (Wildman–Crippen MR) is 55.4 cm³/mol. The van der Waals surface area contributed by atoms with Crippen molar-refractivity contribution in [1.82, 2.24) is 0 Å². The zero-order valence-corrected chi connectivity index (χ0v) is 8.51. The Morgan fingerprint density at radius 2 is 1.86 bits per heavy atom. The molecule has 2 nitrogen and oxygen atoms in total. The molecule has 0 spiro atoms. The number of hydrogen-bond donors (Lipinski definition) is 2. The molecule has 1 aromatic carbocycles. The molecule has 1 aliphatic rings. The number of fused-ring (bicyclic) bond motifs is 1. The molecule has 0 amide bonds. The van der Waals surface area contributed by atoms with Gasteiger partial charge in [-0.2, -0.15) is 0 Å². The maximum absolute atomic E-state index is 9.69. The number of rotatable bonds is 1. The summed E-state index contributed by atoms with van der Waals surface area (Å²) in [5, 5.41) is 18.9. The van der Waals surface area contributed by atoms with E-state index in [2.05, 4.69) is 0 Å². The quantitative estimate of drug-likeness (QED) is 0.715. The Labute approximate surface area is 84.2 Å². The van der Waals surface area contributed by atoms with Crippen LogP contribution in [0.4, 0.5) is 0 Å². The van der Waals surface area contributed by atoms with Crippen molar-refractivity contribution in [2.75, 3.05) is 0 Å². The topological polar surface area (TPSA) is 40.5 Å². The van der Waals surface area contributed by atoms with Crippen LogP contribution in [0.15, 0.2) is 6.07 Å². The summed E-state index contributed by atoms with van der Waals surface area (Å²) >= 11 is 0. The molecule has 0 aromatic heterocycles. The van der Waals surface area contributed by atoms with Crippen molar-refractivity contribution in [2.24, 2.45) is 0 Å². The summed E-state index contributed by atoms with van der Waals surface area (Å²) in [7, 11) is 0. The van der Waals surface area contributed by atoms with Gasteiger partial charge in [-0.25, -0.2) is 0 Å². The normalized spacial score (nSPS) is 15.3. The Hall–Kier alpha value is -1.02. The summed E-state index contributed by atoms with van der Waals surface area (Å²) in [6, 6.07) is 1.77. The van der Waals surface area contributed by atoms with Crippen LogP contribution in [0.25, 0.3) is 0 Å². The lowest BCUT2D eigenvalue weighted by atomic mass is 9.85. The lowest BCUT2D eigenvalue weighted by Gasteiger charge is -2.21. The largest absolute Gasteiger partial charge is 0.508 e. The van der Waals surface area contributed by atoms with Crippen molar-refractivity contribution >= 4 is 0 Å². The van der Waals surface area contributed by atoms with Gasteiger partial charge in [0.2, 0.25) is 0 Å². The third-order valence-corrected chi connectivity index (χ3v) is 3.13. The van der Waals surface area contributed by atoms with E-state index < -0.39 is 0 Å². The number of phenols is 1. The minimum absolute atomic E-state index is 0.0472. The zero-order chi connectivity index (χ0) is 10.1. The van der Waals surface area contributed by atoms with E-state index in [1.807, 2.05) is 6.92 Å². The molecule has 1 aromatic rings. The Kier molecular flexibility index (Phi) is 2.46. The van der Waals surface area contributed by atoms with Crippen molar-refractivity contribution in [1.29, 1.82) is 0 Å². The van der Waals surface area contributed by atoms with Gasteiger partial charge in [0.15, 0.2) is 0 Å². The highest BCUT2D eigenvalue weighted by molar-refractivity contribution is 5.49. The first-order valence-corrected chi connectivity index (χ1v) is 5.18. The molecule has 0 saturated carbocycles. The maximum atomic E-state index is 9.69. The highest BCUT2D eigenvalue weighted by Gasteiger charge is 2.17. The first-order valence-electron chi connectivity index (χ1n) is 5.18. The van der Waals surface area contributed by atoms with Crippen LogP contribution in [0.3, 0.4) is 0 Å². The van der Waals surface area contributed by atoms with Crippen LogP contribution in [-0.4, -0.2) is 10.2 Å². The molecule has 1 aliphatic carbocycles. The van der Waals surface area contributed by atoms with E-state index in [-0.39, 0.29) is 12.4 Å². The molecule has 2 rings (SSSR count). The maximum Gasteiger partial charge on any atom is 0.121 e. The van der Waals surface area contributed by atoms with Gasteiger partial charge in [-0.3, -0.25) is 0 Å². The first-order chi connectivity index (χ1) is 6.74. The molecule has 0 unspecified atom stereocenters.